The van der Waals surface area contributed by atoms with E-state index in [1.807, 2.05) is 42.6 Å². The average molecular weight is 310 g/mol. The van der Waals surface area contributed by atoms with Crippen molar-refractivity contribution in [3.63, 3.8) is 0 Å². The van der Waals surface area contributed by atoms with Crippen LogP contribution in [0.2, 0.25) is 5.02 Å². The molecule has 0 unspecified atom stereocenters. The molecule has 0 aliphatic heterocycles. The lowest BCUT2D eigenvalue weighted by Gasteiger charge is -2.10. The van der Waals surface area contributed by atoms with Crippen LogP contribution in [0.25, 0.3) is 0 Å². The van der Waals surface area contributed by atoms with Crippen molar-refractivity contribution in [2.24, 2.45) is 5.10 Å². The third kappa shape index (κ3) is 4.02. The summed E-state index contributed by atoms with van der Waals surface area (Å²) in [5.41, 5.74) is 4.60. The zero-order valence-corrected chi connectivity index (χ0v) is 12.6. The third-order valence-corrected chi connectivity index (χ3v) is 3.83. The summed E-state index contributed by atoms with van der Waals surface area (Å²) >= 11 is 12.8. The second-order valence-electron chi connectivity index (χ2n) is 3.75. The van der Waals surface area contributed by atoms with Crippen molar-refractivity contribution < 1.29 is 0 Å². The largest absolute Gasteiger partial charge is 0.331 e. The summed E-state index contributed by atoms with van der Waals surface area (Å²) in [6.07, 6.45) is 1.73. The molecule has 0 fully saturated rings. The Morgan fingerprint density at radius 2 is 2.21 bits per heavy atom. The summed E-state index contributed by atoms with van der Waals surface area (Å²) in [7, 11) is 0. The van der Waals surface area contributed by atoms with Gasteiger partial charge in [-0.1, -0.05) is 23.7 Å². The summed E-state index contributed by atoms with van der Waals surface area (Å²) in [6.45, 7) is 1.93. The number of rotatable bonds is 3. The molecule has 0 aliphatic rings. The molecule has 6 heteroatoms. The lowest BCUT2D eigenvalue weighted by molar-refractivity contribution is 1.05. The molecule has 0 atom stereocenters. The highest BCUT2D eigenvalue weighted by Crippen LogP contribution is 2.22. The number of hydrazone groups is 1. The van der Waals surface area contributed by atoms with E-state index in [-0.39, 0.29) is 0 Å². The van der Waals surface area contributed by atoms with E-state index >= 15 is 0 Å². The lowest BCUT2D eigenvalue weighted by Crippen LogP contribution is -2.24. The van der Waals surface area contributed by atoms with E-state index in [4.69, 9.17) is 23.8 Å². The Morgan fingerprint density at radius 3 is 2.95 bits per heavy atom. The Hall–Kier alpha value is -1.43. The van der Waals surface area contributed by atoms with Gasteiger partial charge in [-0.3, -0.25) is 5.43 Å². The zero-order valence-electron chi connectivity index (χ0n) is 10.2. The molecule has 1 heterocycles. The van der Waals surface area contributed by atoms with Crippen LogP contribution in [0, 0.1) is 6.92 Å². The number of halogens is 1. The van der Waals surface area contributed by atoms with Crippen LogP contribution in [0.1, 0.15) is 10.4 Å². The first-order chi connectivity index (χ1) is 9.16. The molecule has 0 spiro atoms. The standard InChI is InChI=1S/C13H12ClN3S2/c1-9-11(14)5-2-6-12(9)16-13(18)17-15-8-10-4-3-7-19-10/h2-8H,1H3,(H2,16,17,18)/b15-8-. The molecule has 0 saturated carbocycles. The molecule has 0 amide bonds. The molecule has 0 bridgehead atoms. The van der Waals surface area contributed by atoms with Gasteiger partial charge in [0, 0.05) is 15.6 Å². The van der Waals surface area contributed by atoms with E-state index in [0.717, 1.165) is 16.1 Å². The van der Waals surface area contributed by atoms with Crippen LogP contribution in [0.4, 0.5) is 5.69 Å². The molecule has 19 heavy (non-hydrogen) atoms. The second-order valence-corrected chi connectivity index (χ2v) is 5.55. The molecule has 0 aliphatic carbocycles. The number of hydrogen-bond donors (Lipinski definition) is 2. The molecule has 0 radical (unpaired) electrons. The van der Waals surface area contributed by atoms with E-state index < -0.39 is 0 Å². The number of thiocarbonyl (C=S) groups is 1. The van der Waals surface area contributed by atoms with Crippen molar-refractivity contribution in [3.8, 4) is 0 Å². The number of anilines is 1. The summed E-state index contributed by atoms with van der Waals surface area (Å²) in [4.78, 5) is 1.06. The van der Waals surface area contributed by atoms with Crippen LogP contribution >= 0.6 is 35.2 Å². The number of benzene rings is 1. The average Bonchev–Trinajstić information content (AvgIpc) is 2.88. The predicted octanol–water partition coefficient (Wildman–Crippen LogP) is 4.03. The highest BCUT2D eigenvalue weighted by Gasteiger charge is 2.03. The Labute approximate surface area is 126 Å². The van der Waals surface area contributed by atoms with Gasteiger partial charge >= 0.3 is 0 Å². The van der Waals surface area contributed by atoms with Crippen molar-refractivity contribution in [1.82, 2.24) is 5.43 Å². The molecule has 1 aromatic carbocycles. The van der Waals surface area contributed by atoms with Gasteiger partial charge < -0.3 is 5.32 Å². The molecule has 2 N–H and O–H groups in total. The number of nitrogens with zero attached hydrogens (tertiary/aromatic N) is 1. The van der Waals surface area contributed by atoms with Crippen molar-refractivity contribution in [1.29, 1.82) is 0 Å². The van der Waals surface area contributed by atoms with Gasteiger partial charge in [0.1, 0.15) is 0 Å². The summed E-state index contributed by atoms with van der Waals surface area (Å²) in [5, 5.41) is 10.2. The fourth-order valence-corrected chi connectivity index (χ4v) is 2.33. The van der Waals surface area contributed by atoms with Crippen LogP contribution in [0.3, 0.4) is 0 Å². The highest BCUT2D eigenvalue weighted by atomic mass is 35.5. The first kappa shape index (κ1) is 14.0. The minimum absolute atomic E-state index is 0.429. The lowest BCUT2D eigenvalue weighted by atomic mass is 10.2. The van der Waals surface area contributed by atoms with Gasteiger partial charge in [0.15, 0.2) is 5.11 Å². The van der Waals surface area contributed by atoms with E-state index in [1.165, 1.54) is 0 Å². The van der Waals surface area contributed by atoms with Crippen LogP contribution in [0.15, 0.2) is 40.8 Å². The molecule has 0 saturated heterocycles. The second kappa shape index (κ2) is 6.65. The molecule has 2 rings (SSSR count). The first-order valence-corrected chi connectivity index (χ1v) is 7.22. The third-order valence-electron chi connectivity index (χ3n) is 2.42. The predicted molar refractivity (Wildman–Crippen MR) is 87.5 cm³/mol. The van der Waals surface area contributed by atoms with Crippen molar-refractivity contribution in [2.45, 2.75) is 6.92 Å². The van der Waals surface area contributed by atoms with Gasteiger partial charge in [0.25, 0.3) is 0 Å². The zero-order chi connectivity index (χ0) is 13.7. The maximum atomic E-state index is 6.04. The van der Waals surface area contributed by atoms with Gasteiger partial charge in [-0.15, -0.1) is 11.3 Å². The molecular weight excluding hydrogens is 298 g/mol. The van der Waals surface area contributed by atoms with E-state index in [9.17, 15) is 0 Å². The van der Waals surface area contributed by atoms with Gasteiger partial charge in [-0.25, -0.2) is 0 Å². The van der Waals surface area contributed by atoms with Gasteiger partial charge in [-0.2, -0.15) is 5.10 Å². The van der Waals surface area contributed by atoms with Gasteiger partial charge in [0.2, 0.25) is 0 Å². The first-order valence-electron chi connectivity index (χ1n) is 5.55. The Morgan fingerprint density at radius 1 is 1.37 bits per heavy atom. The minimum Gasteiger partial charge on any atom is -0.331 e. The fraction of sp³-hybridized carbons (Fsp3) is 0.0769. The minimum atomic E-state index is 0.429. The smallest absolute Gasteiger partial charge is 0.191 e. The number of hydrogen-bond acceptors (Lipinski definition) is 3. The molecular formula is C13H12ClN3S2. The number of nitrogens with one attached hydrogen (secondary N) is 2. The normalized spacial score (nSPS) is 10.6. The molecule has 1 aromatic heterocycles. The van der Waals surface area contributed by atoms with Crippen molar-refractivity contribution in [3.05, 3.63) is 51.2 Å². The van der Waals surface area contributed by atoms with Crippen LogP contribution in [0.5, 0.6) is 0 Å². The van der Waals surface area contributed by atoms with Gasteiger partial charge in [-0.05, 0) is 48.3 Å². The van der Waals surface area contributed by atoms with E-state index in [1.54, 1.807) is 17.6 Å². The maximum Gasteiger partial charge on any atom is 0.191 e. The Kier molecular flexibility index (Phi) is 4.90. The molecule has 3 nitrogen and oxygen atoms in total. The van der Waals surface area contributed by atoms with Crippen molar-refractivity contribution >= 4 is 52.2 Å². The highest BCUT2D eigenvalue weighted by molar-refractivity contribution is 7.80. The Balaban J connectivity index is 1.93. The topological polar surface area (TPSA) is 36.4 Å². The van der Waals surface area contributed by atoms with Crippen molar-refractivity contribution in [2.75, 3.05) is 5.32 Å². The SMILES string of the molecule is Cc1c(Cl)cccc1NC(=S)N/N=C\c1cccs1. The van der Waals surface area contributed by atoms with E-state index in [0.29, 0.717) is 10.1 Å². The maximum absolute atomic E-state index is 6.04. The fourth-order valence-electron chi connectivity index (χ4n) is 1.41. The summed E-state index contributed by atoms with van der Waals surface area (Å²) < 4.78 is 0. The Bertz CT molecular complexity index is 594. The van der Waals surface area contributed by atoms with E-state index in [2.05, 4.69) is 15.8 Å². The molecule has 2 aromatic rings. The summed E-state index contributed by atoms with van der Waals surface area (Å²) in [6, 6.07) is 9.58. The quantitative estimate of drug-likeness (QED) is 0.510. The molecule has 98 valence electrons. The monoisotopic (exact) mass is 309 g/mol. The van der Waals surface area contributed by atoms with Crippen LogP contribution in [-0.4, -0.2) is 11.3 Å². The van der Waals surface area contributed by atoms with Gasteiger partial charge in [0.05, 0.1) is 6.21 Å². The van der Waals surface area contributed by atoms with Crippen LogP contribution < -0.4 is 10.7 Å². The van der Waals surface area contributed by atoms with Crippen LogP contribution in [-0.2, 0) is 0 Å². The summed E-state index contributed by atoms with van der Waals surface area (Å²) in [5.74, 6) is 0. The number of thiophene rings is 1.